The number of nitrogens with zero attached hydrogens (tertiary/aromatic N) is 6. The van der Waals surface area contributed by atoms with Gasteiger partial charge in [0, 0.05) is 19.3 Å². The standard InChI is InChI=1S/C14H14N6OS/c1-3-21-11-8-12(17-9-16-11)22-14-19-18-13(20(14)2)10-6-4-5-7-15-10/h4-9H,3H2,1-2H3. The molecule has 0 aliphatic carbocycles. The Hall–Kier alpha value is -2.48. The van der Waals surface area contributed by atoms with Crippen LogP contribution < -0.4 is 4.74 Å². The van der Waals surface area contributed by atoms with E-state index >= 15 is 0 Å². The van der Waals surface area contributed by atoms with E-state index in [2.05, 4.69) is 25.1 Å². The third-order valence-electron chi connectivity index (χ3n) is 2.83. The molecule has 0 spiro atoms. The molecule has 0 aliphatic heterocycles. The minimum atomic E-state index is 0.548. The smallest absolute Gasteiger partial charge is 0.217 e. The molecule has 112 valence electrons. The molecule has 0 amide bonds. The zero-order valence-corrected chi connectivity index (χ0v) is 13.0. The Balaban J connectivity index is 1.85. The molecule has 0 aromatic carbocycles. The van der Waals surface area contributed by atoms with Crippen molar-refractivity contribution in [2.24, 2.45) is 7.05 Å². The third-order valence-corrected chi connectivity index (χ3v) is 3.80. The van der Waals surface area contributed by atoms with Crippen LogP contribution in [0.2, 0.25) is 0 Å². The van der Waals surface area contributed by atoms with Crippen molar-refractivity contribution in [3.05, 3.63) is 36.8 Å². The summed E-state index contributed by atoms with van der Waals surface area (Å²) in [5, 5.41) is 9.87. The zero-order chi connectivity index (χ0) is 15.4. The van der Waals surface area contributed by atoms with Crippen molar-refractivity contribution < 1.29 is 4.74 Å². The number of hydrogen-bond acceptors (Lipinski definition) is 7. The summed E-state index contributed by atoms with van der Waals surface area (Å²) < 4.78 is 7.26. The normalized spacial score (nSPS) is 10.6. The lowest BCUT2D eigenvalue weighted by Crippen LogP contribution is -1.97. The van der Waals surface area contributed by atoms with Gasteiger partial charge < -0.3 is 9.30 Å². The van der Waals surface area contributed by atoms with E-state index in [0.29, 0.717) is 18.3 Å². The van der Waals surface area contributed by atoms with Gasteiger partial charge in [-0.2, -0.15) is 0 Å². The van der Waals surface area contributed by atoms with Gasteiger partial charge in [0.15, 0.2) is 11.0 Å². The van der Waals surface area contributed by atoms with Gasteiger partial charge in [-0.25, -0.2) is 9.97 Å². The maximum absolute atomic E-state index is 5.37. The second-order valence-electron chi connectivity index (χ2n) is 4.31. The minimum absolute atomic E-state index is 0.548. The van der Waals surface area contributed by atoms with Crippen LogP contribution in [0.5, 0.6) is 5.88 Å². The summed E-state index contributed by atoms with van der Waals surface area (Å²) in [6.45, 7) is 2.48. The molecule has 0 N–H and O–H groups in total. The second kappa shape index (κ2) is 6.52. The maximum atomic E-state index is 5.37. The Labute approximate surface area is 131 Å². The molecule has 7 nitrogen and oxygen atoms in total. The fraction of sp³-hybridized carbons (Fsp3) is 0.214. The molecule has 0 saturated carbocycles. The molecular weight excluding hydrogens is 300 g/mol. The summed E-state index contributed by atoms with van der Waals surface area (Å²) in [6.07, 6.45) is 3.21. The Kier molecular flexibility index (Phi) is 4.29. The van der Waals surface area contributed by atoms with E-state index in [0.717, 1.165) is 15.9 Å². The monoisotopic (exact) mass is 314 g/mol. The molecular formula is C14H14N6OS. The Morgan fingerprint density at radius 1 is 1.18 bits per heavy atom. The quantitative estimate of drug-likeness (QED) is 0.668. The summed E-state index contributed by atoms with van der Waals surface area (Å²) in [6, 6.07) is 7.47. The van der Waals surface area contributed by atoms with Gasteiger partial charge in [-0.15, -0.1) is 10.2 Å². The molecule has 0 atom stereocenters. The van der Waals surface area contributed by atoms with Crippen LogP contribution in [-0.4, -0.2) is 36.3 Å². The van der Waals surface area contributed by atoms with Crippen molar-refractivity contribution in [2.45, 2.75) is 17.1 Å². The zero-order valence-electron chi connectivity index (χ0n) is 12.2. The van der Waals surface area contributed by atoms with Crippen LogP contribution in [0, 0.1) is 0 Å². The molecule has 22 heavy (non-hydrogen) atoms. The van der Waals surface area contributed by atoms with Crippen molar-refractivity contribution in [2.75, 3.05) is 6.61 Å². The van der Waals surface area contributed by atoms with Gasteiger partial charge in [-0.05, 0) is 30.8 Å². The molecule has 0 aliphatic rings. The largest absolute Gasteiger partial charge is 0.478 e. The summed E-state index contributed by atoms with van der Waals surface area (Å²) >= 11 is 1.40. The van der Waals surface area contributed by atoms with Crippen LogP contribution in [-0.2, 0) is 7.05 Å². The van der Waals surface area contributed by atoms with E-state index in [-0.39, 0.29) is 0 Å². The van der Waals surface area contributed by atoms with Gasteiger partial charge in [0.1, 0.15) is 17.0 Å². The lowest BCUT2D eigenvalue weighted by atomic mass is 10.3. The average Bonchev–Trinajstić information content (AvgIpc) is 2.90. The Bertz CT molecular complexity index is 761. The maximum Gasteiger partial charge on any atom is 0.217 e. The van der Waals surface area contributed by atoms with Crippen molar-refractivity contribution >= 4 is 11.8 Å². The van der Waals surface area contributed by atoms with Crippen molar-refractivity contribution in [3.63, 3.8) is 0 Å². The van der Waals surface area contributed by atoms with E-state index in [1.54, 1.807) is 12.3 Å². The van der Waals surface area contributed by atoms with Crippen LogP contribution in [0.4, 0.5) is 0 Å². The molecule has 8 heteroatoms. The predicted molar refractivity (Wildman–Crippen MR) is 81.6 cm³/mol. The third kappa shape index (κ3) is 3.06. The summed E-state index contributed by atoms with van der Waals surface area (Å²) in [4.78, 5) is 12.6. The van der Waals surface area contributed by atoms with Crippen LogP contribution >= 0.6 is 11.8 Å². The fourth-order valence-electron chi connectivity index (χ4n) is 1.82. The van der Waals surface area contributed by atoms with E-state index in [4.69, 9.17) is 4.74 Å². The highest BCUT2D eigenvalue weighted by molar-refractivity contribution is 7.99. The number of rotatable bonds is 5. The minimum Gasteiger partial charge on any atom is -0.478 e. The van der Waals surface area contributed by atoms with Crippen LogP contribution in [0.1, 0.15) is 6.92 Å². The van der Waals surface area contributed by atoms with Gasteiger partial charge in [0.2, 0.25) is 5.88 Å². The molecule has 0 saturated heterocycles. The lowest BCUT2D eigenvalue weighted by Gasteiger charge is -2.04. The van der Waals surface area contributed by atoms with Crippen molar-refractivity contribution in [1.29, 1.82) is 0 Å². The van der Waals surface area contributed by atoms with Gasteiger partial charge in [0.25, 0.3) is 0 Å². The fourth-order valence-corrected chi connectivity index (χ4v) is 2.57. The van der Waals surface area contributed by atoms with Gasteiger partial charge >= 0.3 is 0 Å². The molecule has 0 bridgehead atoms. The molecule has 3 aromatic rings. The molecule has 0 unspecified atom stereocenters. The highest BCUT2D eigenvalue weighted by Gasteiger charge is 2.13. The SMILES string of the molecule is CCOc1cc(Sc2nnc(-c3ccccn3)n2C)ncn1. The van der Waals surface area contributed by atoms with Crippen LogP contribution in [0.3, 0.4) is 0 Å². The first-order valence-electron chi connectivity index (χ1n) is 6.71. The van der Waals surface area contributed by atoms with Crippen molar-refractivity contribution in [1.82, 2.24) is 29.7 Å². The summed E-state index contributed by atoms with van der Waals surface area (Å²) in [5.74, 6) is 1.26. The number of ether oxygens (including phenoxy) is 1. The first kappa shape index (κ1) is 14.5. The first-order valence-corrected chi connectivity index (χ1v) is 7.53. The summed E-state index contributed by atoms with van der Waals surface area (Å²) in [7, 11) is 1.90. The highest BCUT2D eigenvalue weighted by atomic mass is 32.2. The summed E-state index contributed by atoms with van der Waals surface area (Å²) in [5.41, 5.74) is 0.780. The average molecular weight is 314 g/mol. The van der Waals surface area contributed by atoms with Gasteiger partial charge in [-0.1, -0.05) is 6.07 Å². The first-order chi connectivity index (χ1) is 10.8. The topological polar surface area (TPSA) is 78.6 Å². The Morgan fingerprint density at radius 3 is 2.86 bits per heavy atom. The van der Waals surface area contributed by atoms with E-state index < -0.39 is 0 Å². The van der Waals surface area contributed by atoms with Crippen molar-refractivity contribution in [3.8, 4) is 17.4 Å². The highest BCUT2D eigenvalue weighted by Crippen LogP contribution is 2.27. The molecule has 3 heterocycles. The lowest BCUT2D eigenvalue weighted by molar-refractivity contribution is 0.324. The van der Waals surface area contributed by atoms with Crippen LogP contribution in [0.15, 0.2) is 47.0 Å². The van der Waals surface area contributed by atoms with Crippen LogP contribution in [0.25, 0.3) is 11.5 Å². The Morgan fingerprint density at radius 2 is 2.09 bits per heavy atom. The number of aromatic nitrogens is 6. The molecule has 3 aromatic heterocycles. The van der Waals surface area contributed by atoms with E-state index in [1.807, 2.05) is 36.7 Å². The van der Waals surface area contributed by atoms with E-state index in [9.17, 15) is 0 Å². The molecule has 0 radical (unpaired) electrons. The molecule has 0 fully saturated rings. The number of hydrogen-bond donors (Lipinski definition) is 0. The van der Waals surface area contributed by atoms with Gasteiger partial charge in [0.05, 0.1) is 6.61 Å². The second-order valence-corrected chi connectivity index (χ2v) is 5.30. The predicted octanol–water partition coefficient (Wildman–Crippen LogP) is 2.22. The van der Waals surface area contributed by atoms with E-state index in [1.165, 1.54) is 18.1 Å². The molecule has 3 rings (SSSR count). The number of pyridine rings is 1. The van der Waals surface area contributed by atoms with Gasteiger partial charge in [-0.3, -0.25) is 4.98 Å².